The molecule has 0 bridgehead atoms. The molecule has 16 heavy (non-hydrogen) atoms. The minimum Gasteiger partial charge on any atom is -0.480 e. The number of hydrogen-bond donors (Lipinski definition) is 2. The van der Waals surface area contributed by atoms with Gasteiger partial charge in [-0.05, 0) is 25.3 Å². The highest BCUT2D eigenvalue weighted by Crippen LogP contribution is 2.21. The number of amides is 1. The zero-order chi connectivity index (χ0) is 11.7. The van der Waals surface area contributed by atoms with Gasteiger partial charge < -0.3 is 15.0 Å². The molecule has 0 aromatic carbocycles. The first kappa shape index (κ1) is 10.7. The summed E-state index contributed by atoms with van der Waals surface area (Å²) in [6.45, 7) is 2.36. The summed E-state index contributed by atoms with van der Waals surface area (Å²) in [6.07, 6.45) is 4.66. The molecular formula is C11H14N2O3. The van der Waals surface area contributed by atoms with Crippen LogP contribution in [0.1, 0.15) is 28.8 Å². The van der Waals surface area contributed by atoms with Crippen LogP contribution < -0.4 is 0 Å². The monoisotopic (exact) mass is 222 g/mol. The Morgan fingerprint density at radius 3 is 2.81 bits per heavy atom. The quantitative estimate of drug-likeness (QED) is 0.784. The normalized spacial score (nSPS) is 20.1. The number of nitrogens with zero attached hydrogens (tertiary/aromatic N) is 1. The Hall–Kier alpha value is -1.78. The maximum Gasteiger partial charge on any atom is 0.326 e. The van der Waals surface area contributed by atoms with Gasteiger partial charge >= 0.3 is 5.97 Å². The van der Waals surface area contributed by atoms with E-state index in [2.05, 4.69) is 4.98 Å². The van der Waals surface area contributed by atoms with E-state index < -0.39 is 12.0 Å². The second-order valence-electron chi connectivity index (χ2n) is 4.05. The van der Waals surface area contributed by atoms with Crippen molar-refractivity contribution in [2.75, 3.05) is 6.54 Å². The predicted molar refractivity (Wildman–Crippen MR) is 57.2 cm³/mol. The van der Waals surface area contributed by atoms with Crippen molar-refractivity contribution in [3.05, 3.63) is 23.5 Å². The Morgan fingerprint density at radius 1 is 1.50 bits per heavy atom. The molecule has 5 heteroatoms. The number of carbonyl (C=O) groups is 2. The second kappa shape index (κ2) is 4.00. The molecule has 0 saturated carbocycles. The fourth-order valence-electron chi connectivity index (χ4n) is 2.09. The molecule has 1 fully saturated rings. The number of aryl methyl sites for hydroxylation is 1. The summed E-state index contributed by atoms with van der Waals surface area (Å²) in [5.41, 5.74) is 1.41. The molecule has 2 N–H and O–H groups in total. The molecule has 0 spiro atoms. The van der Waals surface area contributed by atoms with Crippen molar-refractivity contribution < 1.29 is 14.7 Å². The van der Waals surface area contributed by atoms with Crippen molar-refractivity contribution in [3.63, 3.8) is 0 Å². The zero-order valence-electron chi connectivity index (χ0n) is 9.06. The molecule has 0 unspecified atom stereocenters. The van der Waals surface area contributed by atoms with Gasteiger partial charge in [0.1, 0.15) is 6.04 Å². The van der Waals surface area contributed by atoms with Crippen molar-refractivity contribution in [2.45, 2.75) is 25.8 Å². The van der Waals surface area contributed by atoms with Crippen LogP contribution in [0.4, 0.5) is 0 Å². The van der Waals surface area contributed by atoms with Crippen LogP contribution in [0.3, 0.4) is 0 Å². The van der Waals surface area contributed by atoms with Gasteiger partial charge in [0.25, 0.3) is 5.91 Å². The molecule has 0 radical (unpaired) electrons. The van der Waals surface area contributed by atoms with Crippen LogP contribution in [0, 0.1) is 6.92 Å². The summed E-state index contributed by atoms with van der Waals surface area (Å²) in [5.74, 6) is -1.11. The third-order valence-electron chi connectivity index (χ3n) is 2.98. The summed E-state index contributed by atoms with van der Waals surface area (Å²) in [4.78, 5) is 27.4. The number of rotatable bonds is 2. The van der Waals surface area contributed by atoms with Crippen LogP contribution in [-0.2, 0) is 4.79 Å². The largest absolute Gasteiger partial charge is 0.480 e. The zero-order valence-corrected chi connectivity index (χ0v) is 9.06. The number of carboxylic acid groups (broad SMARTS) is 1. The van der Waals surface area contributed by atoms with Crippen molar-refractivity contribution in [1.82, 2.24) is 9.88 Å². The highest BCUT2D eigenvalue weighted by molar-refractivity contribution is 5.98. The lowest BCUT2D eigenvalue weighted by Crippen LogP contribution is -2.40. The van der Waals surface area contributed by atoms with E-state index in [0.717, 1.165) is 12.0 Å². The molecular weight excluding hydrogens is 208 g/mol. The molecule has 2 heterocycles. The lowest BCUT2D eigenvalue weighted by Gasteiger charge is -2.21. The van der Waals surface area contributed by atoms with Gasteiger partial charge in [-0.25, -0.2) is 4.79 Å². The summed E-state index contributed by atoms with van der Waals surface area (Å²) in [7, 11) is 0. The van der Waals surface area contributed by atoms with Crippen LogP contribution >= 0.6 is 0 Å². The number of nitrogens with one attached hydrogen (secondary N) is 1. The van der Waals surface area contributed by atoms with E-state index in [1.807, 2.05) is 6.92 Å². The lowest BCUT2D eigenvalue weighted by atomic mass is 10.1. The van der Waals surface area contributed by atoms with Crippen LogP contribution in [0.15, 0.2) is 12.4 Å². The maximum absolute atomic E-state index is 12.1. The van der Waals surface area contributed by atoms with Gasteiger partial charge in [-0.15, -0.1) is 0 Å². The molecule has 1 aliphatic rings. The number of likely N-dealkylation sites (tertiary alicyclic amines) is 1. The smallest absolute Gasteiger partial charge is 0.326 e. The van der Waals surface area contributed by atoms with E-state index in [4.69, 9.17) is 5.11 Å². The van der Waals surface area contributed by atoms with Crippen molar-refractivity contribution in [1.29, 1.82) is 0 Å². The van der Waals surface area contributed by atoms with Gasteiger partial charge in [0, 0.05) is 18.9 Å². The Labute approximate surface area is 93.1 Å². The van der Waals surface area contributed by atoms with E-state index >= 15 is 0 Å². The minimum atomic E-state index is -0.918. The second-order valence-corrected chi connectivity index (χ2v) is 4.05. The van der Waals surface area contributed by atoms with E-state index in [-0.39, 0.29) is 5.91 Å². The summed E-state index contributed by atoms with van der Waals surface area (Å²) < 4.78 is 0. The standard InChI is InChI=1S/C11H14N2O3/c1-7-5-12-6-8(7)10(14)13-4-2-3-9(13)11(15)16/h5-6,9,12H,2-4H2,1H3,(H,15,16)/t9-/m0/s1. The summed E-state index contributed by atoms with van der Waals surface area (Å²) in [6, 6.07) is -0.665. The average molecular weight is 222 g/mol. The fraction of sp³-hybridized carbons (Fsp3) is 0.455. The van der Waals surface area contributed by atoms with Gasteiger partial charge in [-0.1, -0.05) is 0 Å². The van der Waals surface area contributed by atoms with Crippen LogP contribution in [0.2, 0.25) is 0 Å². The summed E-state index contributed by atoms with van der Waals surface area (Å²) >= 11 is 0. The first-order valence-electron chi connectivity index (χ1n) is 5.28. The SMILES string of the molecule is Cc1c[nH]cc1C(=O)N1CCC[C@H]1C(=O)O. The van der Waals surface area contributed by atoms with Gasteiger partial charge in [-0.2, -0.15) is 0 Å². The molecule has 1 aromatic rings. The van der Waals surface area contributed by atoms with Crippen molar-refractivity contribution >= 4 is 11.9 Å². The lowest BCUT2D eigenvalue weighted by molar-refractivity contribution is -0.141. The Bertz CT molecular complexity index is 425. The van der Waals surface area contributed by atoms with E-state index in [0.29, 0.717) is 18.5 Å². The molecule has 0 aliphatic carbocycles. The van der Waals surface area contributed by atoms with E-state index in [1.165, 1.54) is 4.90 Å². The van der Waals surface area contributed by atoms with Gasteiger partial charge in [0.05, 0.1) is 5.56 Å². The average Bonchev–Trinajstić information content (AvgIpc) is 2.84. The van der Waals surface area contributed by atoms with Gasteiger partial charge in [0.15, 0.2) is 0 Å². The molecule has 1 amide bonds. The molecule has 1 aliphatic heterocycles. The van der Waals surface area contributed by atoms with Gasteiger partial charge in [0.2, 0.25) is 0 Å². The minimum absolute atomic E-state index is 0.191. The Balaban J connectivity index is 2.22. The molecule has 1 aromatic heterocycles. The molecule has 2 rings (SSSR count). The van der Waals surface area contributed by atoms with E-state index in [1.54, 1.807) is 12.4 Å². The van der Waals surface area contributed by atoms with E-state index in [9.17, 15) is 9.59 Å². The van der Waals surface area contributed by atoms with Crippen LogP contribution in [0.5, 0.6) is 0 Å². The molecule has 5 nitrogen and oxygen atoms in total. The number of aliphatic carboxylic acids is 1. The van der Waals surface area contributed by atoms with Crippen molar-refractivity contribution in [3.8, 4) is 0 Å². The number of aromatic nitrogens is 1. The predicted octanol–water partition coefficient (Wildman–Crippen LogP) is 1.01. The molecule has 86 valence electrons. The topological polar surface area (TPSA) is 73.4 Å². The number of H-pyrrole nitrogens is 1. The molecule has 1 saturated heterocycles. The number of carbonyl (C=O) groups excluding carboxylic acids is 1. The van der Waals surface area contributed by atoms with Gasteiger partial charge in [-0.3, -0.25) is 4.79 Å². The third kappa shape index (κ3) is 1.68. The first-order chi connectivity index (χ1) is 7.61. The van der Waals surface area contributed by atoms with Crippen LogP contribution in [-0.4, -0.2) is 39.5 Å². The number of aromatic amines is 1. The molecule has 1 atom stereocenters. The number of carboxylic acids is 1. The highest BCUT2D eigenvalue weighted by Gasteiger charge is 2.34. The third-order valence-corrected chi connectivity index (χ3v) is 2.98. The Kier molecular flexibility index (Phi) is 2.68. The first-order valence-corrected chi connectivity index (χ1v) is 5.28. The maximum atomic E-state index is 12.1. The highest BCUT2D eigenvalue weighted by atomic mass is 16.4. The fourth-order valence-corrected chi connectivity index (χ4v) is 2.09. The van der Waals surface area contributed by atoms with Crippen LogP contribution in [0.25, 0.3) is 0 Å². The van der Waals surface area contributed by atoms with Crippen molar-refractivity contribution in [2.24, 2.45) is 0 Å². The summed E-state index contributed by atoms with van der Waals surface area (Å²) in [5, 5.41) is 9.00. The number of hydrogen-bond acceptors (Lipinski definition) is 2. The Morgan fingerprint density at radius 2 is 2.25 bits per heavy atom.